The molecule has 3 N–H and O–H groups in total. The minimum atomic E-state index is -3.99. The Morgan fingerprint density at radius 1 is 1.06 bits per heavy atom. The van der Waals surface area contributed by atoms with Gasteiger partial charge in [-0.15, -0.1) is 0 Å². The second-order valence-electron chi connectivity index (χ2n) is 8.38. The lowest BCUT2D eigenvalue weighted by Crippen LogP contribution is -2.53. The highest BCUT2D eigenvalue weighted by atomic mass is 32.2. The Kier molecular flexibility index (Phi) is 11.4. The number of carboxylic acid groups (broad SMARTS) is 1. The maximum absolute atomic E-state index is 12.1. The van der Waals surface area contributed by atoms with Crippen molar-refractivity contribution in [3.8, 4) is 5.75 Å². The lowest BCUT2D eigenvalue weighted by atomic mass is 9.72. The van der Waals surface area contributed by atoms with Gasteiger partial charge in [0, 0.05) is 18.9 Å². The summed E-state index contributed by atoms with van der Waals surface area (Å²) in [6, 6.07) is 8.32. The number of aliphatic carboxylic acids is 1. The number of rotatable bonds is 15. The number of amides is 1. The predicted octanol–water partition coefficient (Wildman–Crippen LogP) is 2.09. The lowest BCUT2D eigenvalue weighted by molar-refractivity contribution is -0.177. The Morgan fingerprint density at radius 2 is 1.71 bits per heavy atom. The van der Waals surface area contributed by atoms with E-state index >= 15 is 0 Å². The van der Waals surface area contributed by atoms with Gasteiger partial charge in [-0.25, -0.2) is 9.59 Å². The van der Waals surface area contributed by atoms with E-state index in [1.54, 1.807) is 30.3 Å². The standard InChI is InChI=1S/C22H33NO10S/c1-17(24)23-13-9-15-34(29,30)32-16-21(2,3)22(28,19(25)26)12-7-8-14-31-20(27)33-18-10-5-4-6-11-18/h4-6,10-11,28H,7-9,12-16H2,1-3H3,(H,23,24)(H,25,26)/t22-/m0/s1. The van der Waals surface area contributed by atoms with Crippen molar-refractivity contribution < 1.29 is 46.7 Å². The number of benzene rings is 1. The van der Waals surface area contributed by atoms with E-state index < -0.39 is 39.9 Å². The molecule has 192 valence electrons. The highest BCUT2D eigenvalue weighted by Crippen LogP contribution is 2.36. The van der Waals surface area contributed by atoms with E-state index in [4.69, 9.17) is 13.7 Å². The number of carbonyl (C=O) groups excluding carboxylic acids is 2. The summed E-state index contributed by atoms with van der Waals surface area (Å²) in [5, 5.41) is 22.9. The van der Waals surface area contributed by atoms with Crippen molar-refractivity contribution >= 4 is 28.1 Å². The number of carbonyl (C=O) groups is 3. The van der Waals surface area contributed by atoms with Crippen LogP contribution in [0.5, 0.6) is 5.75 Å². The maximum atomic E-state index is 12.1. The molecule has 0 spiro atoms. The predicted molar refractivity (Wildman–Crippen MR) is 122 cm³/mol. The van der Waals surface area contributed by atoms with E-state index in [9.17, 15) is 33.0 Å². The second kappa shape index (κ2) is 13.3. The number of aliphatic hydroxyl groups is 1. The van der Waals surface area contributed by atoms with E-state index in [0.29, 0.717) is 5.75 Å². The van der Waals surface area contributed by atoms with Crippen molar-refractivity contribution in [1.82, 2.24) is 5.32 Å². The third-order valence-electron chi connectivity index (χ3n) is 5.12. The molecule has 0 aliphatic heterocycles. The summed E-state index contributed by atoms with van der Waals surface area (Å²) >= 11 is 0. The van der Waals surface area contributed by atoms with Gasteiger partial charge in [0.25, 0.3) is 10.1 Å². The van der Waals surface area contributed by atoms with E-state index in [1.165, 1.54) is 20.8 Å². The van der Waals surface area contributed by atoms with Crippen LogP contribution < -0.4 is 10.1 Å². The molecule has 0 aliphatic rings. The van der Waals surface area contributed by atoms with Crippen LogP contribution in [0, 0.1) is 5.41 Å². The third-order valence-corrected chi connectivity index (χ3v) is 6.38. The van der Waals surface area contributed by atoms with Gasteiger partial charge in [0.15, 0.2) is 5.60 Å². The average molecular weight is 504 g/mol. The second-order valence-corrected chi connectivity index (χ2v) is 10.1. The smallest absolute Gasteiger partial charge is 0.479 e. The molecule has 0 aliphatic carbocycles. The van der Waals surface area contributed by atoms with E-state index in [1.807, 2.05) is 0 Å². The first-order chi connectivity index (χ1) is 15.8. The molecule has 0 fully saturated rings. The molecule has 0 saturated heterocycles. The third kappa shape index (κ3) is 10.1. The minimum absolute atomic E-state index is 0.0546. The molecule has 0 bridgehead atoms. The van der Waals surface area contributed by atoms with E-state index in [2.05, 4.69) is 5.32 Å². The monoisotopic (exact) mass is 503 g/mol. The number of ether oxygens (including phenoxy) is 2. The summed E-state index contributed by atoms with van der Waals surface area (Å²) in [6.07, 6.45) is -0.583. The Labute approximate surface area is 199 Å². The zero-order valence-corrected chi connectivity index (χ0v) is 20.4. The summed E-state index contributed by atoms with van der Waals surface area (Å²) in [7, 11) is -3.99. The van der Waals surface area contributed by atoms with Crippen molar-refractivity contribution in [3.63, 3.8) is 0 Å². The summed E-state index contributed by atoms with van der Waals surface area (Å²) in [4.78, 5) is 34.3. The molecule has 0 heterocycles. The van der Waals surface area contributed by atoms with Crippen LogP contribution in [0.15, 0.2) is 30.3 Å². The number of hydrogen-bond donors (Lipinski definition) is 3. The normalized spacial score (nSPS) is 13.5. The number of hydrogen-bond acceptors (Lipinski definition) is 9. The van der Waals surface area contributed by atoms with Crippen LogP contribution in [0.1, 0.15) is 46.5 Å². The van der Waals surface area contributed by atoms with Crippen molar-refractivity contribution in [2.24, 2.45) is 5.41 Å². The Morgan fingerprint density at radius 3 is 2.29 bits per heavy atom. The summed E-state index contributed by atoms with van der Waals surface area (Å²) < 4.78 is 39.0. The topological polar surface area (TPSA) is 166 Å². The minimum Gasteiger partial charge on any atom is -0.479 e. The largest absolute Gasteiger partial charge is 0.513 e. The van der Waals surface area contributed by atoms with Crippen molar-refractivity contribution in [2.45, 2.75) is 52.1 Å². The first-order valence-electron chi connectivity index (χ1n) is 10.8. The van der Waals surface area contributed by atoms with Crippen molar-refractivity contribution in [1.29, 1.82) is 0 Å². The van der Waals surface area contributed by atoms with Crippen LogP contribution in [0.2, 0.25) is 0 Å². The fourth-order valence-corrected chi connectivity index (χ4v) is 4.01. The van der Waals surface area contributed by atoms with Crippen LogP contribution in [0.3, 0.4) is 0 Å². The van der Waals surface area contributed by atoms with Gasteiger partial charge in [-0.3, -0.25) is 8.98 Å². The molecule has 1 aromatic rings. The van der Waals surface area contributed by atoms with Gasteiger partial charge in [-0.1, -0.05) is 32.0 Å². The Balaban J connectivity index is 2.52. The maximum Gasteiger partial charge on any atom is 0.513 e. The summed E-state index contributed by atoms with van der Waals surface area (Å²) in [6.45, 7) is 3.63. The molecule has 0 radical (unpaired) electrons. The highest BCUT2D eigenvalue weighted by Gasteiger charge is 2.50. The van der Waals surface area contributed by atoms with Crippen LogP contribution >= 0.6 is 0 Å². The van der Waals surface area contributed by atoms with Gasteiger partial charge < -0.3 is 25.0 Å². The molecule has 0 unspecified atom stereocenters. The molecule has 1 amide bonds. The van der Waals surface area contributed by atoms with Crippen LogP contribution in [0.25, 0.3) is 0 Å². The first-order valence-corrected chi connectivity index (χ1v) is 12.3. The number of para-hydroxylation sites is 1. The molecule has 1 rings (SSSR count). The van der Waals surface area contributed by atoms with Crippen molar-refractivity contribution in [2.75, 3.05) is 25.5 Å². The van der Waals surface area contributed by atoms with Gasteiger partial charge in [0.1, 0.15) is 5.75 Å². The number of nitrogens with one attached hydrogen (secondary N) is 1. The number of unbranched alkanes of at least 4 members (excludes halogenated alkanes) is 1. The fraction of sp³-hybridized carbons (Fsp3) is 0.591. The Bertz CT molecular complexity index is 917. The Hall–Kier alpha value is -2.70. The molecule has 0 saturated carbocycles. The van der Waals surface area contributed by atoms with Crippen LogP contribution in [-0.2, 0) is 28.6 Å². The molecule has 12 heteroatoms. The molecule has 1 atom stereocenters. The molecule has 1 aromatic carbocycles. The van der Waals surface area contributed by atoms with E-state index in [-0.39, 0.29) is 50.5 Å². The molecule has 34 heavy (non-hydrogen) atoms. The van der Waals surface area contributed by atoms with Gasteiger partial charge in [-0.05, 0) is 37.8 Å². The van der Waals surface area contributed by atoms with Gasteiger partial charge >= 0.3 is 12.1 Å². The van der Waals surface area contributed by atoms with E-state index in [0.717, 1.165) is 0 Å². The SMILES string of the molecule is CC(=O)NCCCS(=O)(=O)OCC(C)(C)[C@](O)(CCCCOC(=O)Oc1ccccc1)C(=O)O. The molecule has 0 aromatic heterocycles. The molecule has 11 nitrogen and oxygen atoms in total. The van der Waals surface area contributed by atoms with Gasteiger partial charge in [0.2, 0.25) is 5.91 Å². The van der Waals surface area contributed by atoms with Gasteiger partial charge in [0.05, 0.1) is 19.0 Å². The fourth-order valence-electron chi connectivity index (χ4n) is 2.92. The summed E-state index contributed by atoms with van der Waals surface area (Å²) in [5.41, 5.74) is -3.75. The lowest BCUT2D eigenvalue weighted by Gasteiger charge is -2.38. The summed E-state index contributed by atoms with van der Waals surface area (Å²) in [5.74, 6) is -1.86. The zero-order chi connectivity index (χ0) is 25.8. The number of carboxylic acids is 1. The molecular formula is C22H33NO10S. The first kappa shape index (κ1) is 29.3. The zero-order valence-electron chi connectivity index (χ0n) is 19.6. The highest BCUT2D eigenvalue weighted by molar-refractivity contribution is 7.86. The van der Waals surface area contributed by atoms with Crippen LogP contribution in [0.4, 0.5) is 4.79 Å². The van der Waals surface area contributed by atoms with Crippen molar-refractivity contribution in [3.05, 3.63) is 30.3 Å². The quantitative estimate of drug-likeness (QED) is 0.140. The molecular weight excluding hydrogens is 470 g/mol. The van der Waals surface area contributed by atoms with Crippen LogP contribution in [-0.4, -0.2) is 67.8 Å². The average Bonchev–Trinajstić information content (AvgIpc) is 2.75. The van der Waals surface area contributed by atoms with Gasteiger partial charge in [-0.2, -0.15) is 8.42 Å².